The van der Waals surface area contributed by atoms with E-state index in [1.807, 2.05) is 54.7 Å². The summed E-state index contributed by atoms with van der Waals surface area (Å²) in [6, 6.07) is 15.8. The van der Waals surface area contributed by atoms with Gasteiger partial charge in [-0.1, -0.05) is 31.2 Å². The van der Waals surface area contributed by atoms with Crippen LogP contribution < -0.4 is 4.74 Å². The standard InChI is InChI=1S/C16H16BrNO/c1-2-11-19-16-13(7-6-10-15(16)17)12-18-14-8-4-3-5-9-14/h3-10,12H,2,11H2,1H3/b18-12+. The Kier molecular flexibility index (Phi) is 5.16. The number of hydrogen-bond donors (Lipinski definition) is 0. The van der Waals surface area contributed by atoms with Gasteiger partial charge in [0.05, 0.1) is 16.8 Å². The molecule has 0 aliphatic carbocycles. The molecule has 0 radical (unpaired) electrons. The number of aliphatic imine (C=N–C) groups is 1. The maximum Gasteiger partial charge on any atom is 0.142 e. The molecule has 2 aromatic rings. The lowest BCUT2D eigenvalue weighted by molar-refractivity contribution is 0.315. The van der Waals surface area contributed by atoms with Crippen LogP contribution in [0.4, 0.5) is 5.69 Å². The second kappa shape index (κ2) is 7.10. The number of halogens is 1. The summed E-state index contributed by atoms with van der Waals surface area (Å²) < 4.78 is 6.72. The summed E-state index contributed by atoms with van der Waals surface area (Å²) >= 11 is 3.52. The number of ether oxygens (including phenoxy) is 1. The van der Waals surface area contributed by atoms with Gasteiger partial charge in [-0.2, -0.15) is 0 Å². The number of hydrogen-bond acceptors (Lipinski definition) is 2. The highest BCUT2D eigenvalue weighted by Gasteiger charge is 2.05. The molecule has 19 heavy (non-hydrogen) atoms. The Morgan fingerprint density at radius 2 is 1.89 bits per heavy atom. The van der Waals surface area contributed by atoms with Crippen molar-refractivity contribution in [2.24, 2.45) is 4.99 Å². The van der Waals surface area contributed by atoms with Crippen molar-refractivity contribution in [3.8, 4) is 5.75 Å². The Morgan fingerprint density at radius 3 is 2.63 bits per heavy atom. The lowest BCUT2D eigenvalue weighted by atomic mass is 10.2. The highest BCUT2D eigenvalue weighted by Crippen LogP contribution is 2.28. The number of rotatable bonds is 5. The van der Waals surface area contributed by atoms with Gasteiger partial charge in [0.2, 0.25) is 0 Å². The third kappa shape index (κ3) is 3.93. The number of benzene rings is 2. The van der Waals surface area contributed by atoms with E-state index >= 15 is 0 Å². The van der Waals surface area contributed by atoms with Crippen LogP contribution in [0.3, 0.4) is 0 Å². The van der Waals surface area contributed by atoms with E-state index in [1.165, 1.54) is 0 Å². The third-order valence-corrected chi connectivity index (χ3v) is 3.18. The molecule has 0 aliphatic rings. The quantitative estimate of drug-likeness (QED) is 0.712. The molecule has 0 atom stereocenters. The van der Waals surface area contributed by atoms with Gasteiger partial charge in [0.25, 0.3) is 0 Å². The molecule has 0 aliphatic heterocycles. The molecule has 0 unspecified atom stereocenters. The lowest BCUT2D eigenvalue weighted by Crippen LogP contribution is -1.99. The topological polar surface area (TPSA) is 21.6 Å². The monoisotopic (exact) mass is 317 g/mol. The maximum atomic E-state index is 5.77. The van der Waals surface area contributed by atoms with Crippen molar-refractivity contribution in [2.45, 2.75) is 13.3 Å². The zero-order valence-corrected chi connectivity index (χ0v) is 12.4. The molecule has 0 bridgehead atoms. The van der Waals surface area contributed by atoms with Crippen molar-refractivity contribution in [1.29, 1.82) is 0 Å². The Balaban J connectivity index is 2.24. The molecular formula is C16H16BrNO. The maximum absolute atomic E-state index is 5.77. The van der Waals surface area contributed by atoms with Gasteiger partial charge >= 0.3 is 0 Å². The first-order valence-electron chi connectivity index (χ1n) is 6.31. The number of nitrogens with zero attached hydrogens (tertiary/aromatic N) is 1. The van der Waals surface area contributed by atoms with Crippen molar-refractivity contribution in [3.63, 3.8) is 0 Å². The van der Waals surface area contributed by atoms with Gasteiger partial charge in [0.1, 0.15) is 5.75 Å². The molecule has 98 valence electrons. The van der Waals surface area contributed by atoms with E-state index in [4.69, 9.17) is 4.74 Å². The van der Waals surface area contributed by atoms with Crippen LogP contribution in [0.1, 0.15) is 18.9 Å². The Bertz CT molecular complexity index is 552. The van der Waals surface area contributed by atoms with E-state index in [2.05, 4.69) is 27.8 Å². The fourth-order valence-electron chi connectivity index (χ4n) is 1.64. The highest BCUT2D eigenvalue weighted by molar-refractivity contribution is 9.10. The summed E-state index contributed by atoms with van der Waals surface area (Å²) in [5, 5.41) is 0. The van der Waals surface area contributed by atoms with Gasteiger partial charge < -0.3 is 4.74 Å². The Hall–Kier alpha value is -1.61. The van der Waals surface area contributed by atoms with E-state index in [1.54, 1.807) is 0 Å². The summed E-state index contributed by atoms with van der Waals surface area (Å²) in [5.41, 5.74) is 1.91. The van der Waals surface area contributed by atoms with Crippen molar-refractivity contribution < 1.29 is 4.74 Å². The Labute approximate surface area is 122 Å². The fraction of sp³-hybridized carbons (Fsp3) is 0.188. The van der Waals surface area contributed by atoms with E-state index in [9.17, 15) is 0 Å². The fourth-order valence-corrected chi connectivity index (χ4v) is 2.14. The van der Waals surface area contributed by atoms with Gasteiger partial charge in [-0.25, -0.2) is 0 Å². The first kappa shape index (κ1) is 13.8. The molecule has 0 N–H and O–H groups in total. The second-order valence-electron chi connectivity index (χ2n) is 4.10. The SMILES string of the molecule is CCCOc1c(Br)cccc1/C=N/c1ccccc1. The molecule has 2 aromatic carbocycles. The molecule has 0 fully saturated rings. The first-order chi connectivity index (χ1) is 9.31. The summed E-state index contributed by atoms with van der Waals surface area (Å²) in [4.78, 5) is 4.46. The molecule has 0 amide bonds. The zero-order chi connectivity index (χ0) is 13.5. The normalized spacial score (nSPS) is 10.8. The van der Waals surface area contributed by atoms with Crippen molar-refractivity contribution >= 4 is 27.8 Å². The van der Waals surface area contributed by atoms with Gasteiger partial charge in [-0.05, 0) is 46.6 Å². The Morgan fingerprint density at radius 1 is 1.11 bits per heavy atom. The molecule has 0 saturated carbocycles. The molecule has 2 rings (SSSR count). The summed E-state index contributed by atoms with van der Waals surface area (Å²) in [6.07, 6.45) is 2.82. The van der Waals surface area contributed by atoms with Crippen LogP contribution in [0.5, 0.6) is 5.75 Å². The summed E-state index contributed by atoms with van der Waals surface area (Å²) in [7, 11) is 0. The summed E-state index contributed by atoms with van der Waals surface area (Å²) in [5.74, 6) is 0.851. The molecule has 2 nitrogen and oxygen atoms in total. The van der Waals surface area contributed by atoms with E-state index < -0.39 is 0 Å². The largest absolute Gasteiger partial charge is 0.492 e. The van der Waals surface area contributed by atoms with Crippen LogP contribution >= 0.6 is 15.9 Å². The first-order valence-corrected chi connectivity index (χ1v) is 7.11. The van der Waals surface area contributed by atoms with E-state index in [0.29, 0.717) is 6.61 Å². The molecule has 0 heterocycles. The molecule has 0 saturated heterocycles. The predicted octanol–water partition coefficient (Wildman–Crippen LogP) is 4.99. The molecule has 3 heteroatoms. The van der Waals surface area contributed by atoms with E-state index in [0.717, 1.165) is 27.9 Å². The van der Waals surface area contributed by atoms with Crippen LogP contribution in [0.2, 0.25) is 0 Å². The van der Waals surface area contributed by atoms with Crippen LogP contribution in [-0.2, 0) is 0 Å². The minimum Gasteiger partial charge on any atom is -0.492 e. The van der Waals surface area contributed by atoms with Gasteiger partial charge in [-0.15, -0.1) is 0 Å². The molecule has 0 aromatic heterocycles. The second-order valence-corrected chi connectivity index (χ2v) is 4.95. The zero-order valence-electron chi connectivity index (χ0n) is 10.8. The minimum atomic E-state index is 0.703. The van der Waals surface area contributed by atoms with Crippen LogP contribution in [0.15, 0.2) is 58.0 Å². The summed E-state index contributed by atoms with van der Waals surface area (Å²) in [6.45, 7) is 2.80. The minimum absolute atomic E-state index is 0.703. The van der Waals surface area contributed by atoms with Crippen molar-refractivity contribution in [1.82, 2.24) is 0 Å². The lowest BCUT2D eigenvalue weighted by Gasteiger charge is -2.09. The van der Waals surface area contributed by atoms with Crippen LogP contribution in [0, 0.1) is 0 Å². The molecular weight excluding hydrogens is 302 g/mol. The van der Waals surface area contributed by atoms with Crippen LogP contribution in [-0.4, -0.2) is 12.8 Å². The average molecular weight is 318 g/mol. The highest BCUT2D eigenvalue weighted by atomic mass is 79.9. The van der Waals surface area contributed by atoms with Crippen LogP contribution in [0.25, 0.3) is 0 Å². The average Bonchev–Trinajstić information content (AvgIpc) is 2.45. The van der Waals surface area contributed by atoms with Gasteiger partial charge in [0.15, 0.2) is 0 Å². The van der Waals surface area contributed by atoms with Gasteiger partial charge in [-0.3, -0.25) is 4.99 Å². The predicted molar refractivity (Wildman–Crippen MR) is 83.6 cm³/mol. The smallest absolute Gasteiger partial charge is 0.142 e. The van der Waals surface area contributed by atoms with E-state index in [-0.39, 0.29) is 0 Å². The number of para-hydroxylation sites is 2. The molecule has 0 spiro atoms. The third-order valence-electron chi connectivity index (χ3n) is 2.56. The van der Waals surface area contributed by atoms with Gasteiger partial charge in [0, 0.05) is 11.8 Å². The van der Waals surface area contributed by atoms with Crippen molar-refractivity contribution in [3.05, 3.63) is 58.6 Å². The van der Waals surface area contributed by atoms with Crippen molar-refractivity contribution in [2.75, 3.05) is 6.61 Å².